The van der Waals surface area contributed by atoms with Crippen molar-refractivity contribution < 1.29 is 4.39 Å². The molecule has 0 N–H and O–H groups in total. The van der Waals surface area contributed by atoms with Crippen molar-refractivity contribution in [2.45, 2.75) is 6.92 Å². The van der Waals surface area contributed by atoms with Crippen LogP contribution in [0.15, 0.2) is 12.4 Å². The van der Waals surface area contributed by atoms with E-state index in [-0.39, 0.29) is 5.82 Å². The molecule has 3 heteroatoms. The maximum Gasteiger partial charge on any atom is 0.145 e. The Bertz CT molecular complexity index is 204. The molecule has 0 aliphatic rings. The Hall–Kier alpha value is -0.490. The van der Waals surface area contributed by atoms with E-state index in [1.165, 1.54) is 6.20 Å². The molecule has 1 heterocycles. The minimum atomic E-state index is -0.248. The lowest BCUT2D eigenvalue weighted by atomic mass is 10.3. The van der Waals surface area contributed by atoms with Crippen LogP contribution >= 0.6 is 9.24 Å². The summed E-state index contributed by atoms with van der Waals surface area (Å²) in [6.07, 6.45) is 2.83. The number of hydrogen-bond donors (Lipinski definition) is 0. The van der Waals surface area contributed by atoms with E-state index in [1.807, 2.05) is 0 Å². The highest BCUT2D eigenvalue weighted by molar-refractivity contribution is 7.27. The average Bonchev–Trinajstić information content (AvgIpc) is 1.83. The van der Waals surface area contributed by atoms with Gasteiger partial charge in [-0.3, -0.25) is 4.98 Å². The fraction of sp³-hybridized carbons (Fsp3) is 0.167. The molecule has 1 rings (SSSR count). The zero-order chi connectivity index (χ0) is 6.85. The summed E-state index contributed by atoms with van der Waals surface area (Å²) in [6, 6.07) is 0. The molecule has 0 radical (unpaired) electrons. The first-order valence-electron chi connectivity index (χ1n) is 2.57. The summed E-state index contributed by atoms with van der Waals surface area (Å²) in [7, 11) is 2.42. The lowest BCUT2D eigenvalue weighted by Crippen LogP contribution is -2.00. The second-order valence-electron chi connectivity index (χ2n) is 1.84. The average molecular weight is 143 g/mol. The molecule has 0 amide bonds. The Labute approximate surface area is 55.5 Å². The molecule has 0 spiro atoms. The number of hydrogen-bond acceptors (Lipinski definition) is 1. The van der Waals surface area contributed by atoms with Crippen molar-refractivity contribution in [1.29, 1.82) is 0 Å². The van der Waals surface area contributed by atoms with Crippen LogP contribution in [0.2, 0.25) is 0 Å². The molecule has 0 aromatic carbocycles. The topological polar surface area (TPSA) is 12.9 Å². The summed E-state index contributed by atoms with van der Waals surface area (Å²) < 4.78 is 12.5. The van der Waals surface area contributed by atoms with Crippen molar-refractivity contribution in [3.05, 3.63) is 23.8 Å². The van der Waals surface area contributed by atoms with Crippen LogP contribution in [0.3, 0.4) is 0 Å². The maximum absolute atomic E-state index is 12.5. The molecular formula is C6H7FNP. The van der Waals surface area contributed by atoms with Crippen LogP contribution in [0.25, 0.3) is 0 Å². The Kier molecular flexibility index (Phi) is 1.77. The Morgan fingerprint density at radius 2 is 2.22 bits per heavy atom. The van der Waals surface area contributed by atoms with E-state index in [2.05, 4.69) is 14.2 Å². The third kappa shape index (κ3) is 1.25. The second kappa shape index (κ2) is 2.40. The van der Waals surface area contributed by atoms with E-state index in [0.29, 0.717) is 5.56 Å². The van der Waals surface area contributed by atoms with E-state index >= 15 is 0 Å². The molecule has 1 nitrogen and oxygen atoms in total. The highest BCUT2D eigenvalue weighted by Gasteiger charge is 1.97. The van der Waals surface area contributed by atoms with Gasteiger partial charge in [0.15, 0.2) is 0 Å². The molecule has 1 aromatic heterocycles. The van der Waals surface area contributed by atoms with Crippen LogP contribution in [-0.2, 0) is 0 Å². The minimum Gasteiger partial charge on any atom is -0.261 e. The van der Waals surface area contributed by atoms with Gasteiger partial charge < -0.3 is 0 Å². The van der Waals surface area contributed by atoms with Gasteiger partial charge in [-0.25, -0.2) is 4.39 Å². The van der Waals surface area contributed by atoms with E-state index in [4.69, 9.17) is 0 Å². The van der Waals surface area contributed by atoms with Crippen LogP contribution < -0.4 is 5.30 Å². The molecule has 0 bridgehead atoms. The summed E-state index contributed by atoms with van der Waals surface area (Å²) in [5.74, 6) is -0.248. The first kappa shape index (κ1) is 6.63. The number of pyridine rings is 1. The van der Waals surface area contributed by atoms with Crippen molar-refractivity contribution in [1.82, 2.24) is 4.98 Å². The summed E-state index contributed by atoms with van der Waals surface area (Å²) >= 11 is 0. The number of halogens is 1. The molecular weight excluding hydrogens is 136 g/mol. The van der Waals surface area contributed by atoms with Gasteiger partial charge in [0.1, 0.15) is 5.82 Å². The van der Waals surface area contributed by atoms with Gasteiger partial charge in [-0.15, -0.1) is 9.24 Å². The largest absolute Gasteiger partial charge is 0.261 e. The summed E-state index contributed by atoms with van der Waals surface area (Å²) in [6.45, 7) is 1.72. The third-order valence-corrected chi connectivity index (χ3v) is 1.77. The van der Waals surface area contributed by atoms with Gasteiger partial charge in [0.05, 0.1) is 6.20 Å². The van der Waals surface area contributed by atoms with Crippen molar-refractivity contribution >= 4 is 14.5 Å². The third-order valence-electron chi connectivity index (χ3n) is 1.19. The number of rotatable bonds is 0. The maximum atomic E-state index is 12.5. The lowest BCUT2D eigenvalue weighted by molar-refractivity contribution is 0.614. The summed E-state index contributed by atoms with van der Waals surface area (Å²) in [5.41, 5.74) is 0.648. The van der Waals surface area contributed by atoms with Crippen molar-refractivity contribution in [2.75, 3.05) is 0 Å². The molecule has 0 aliphatic carbocycles. The Balaban J connectivity index is 3.25. The van der Waals surface area contributed by atoms with Gasteiger partial charge >= 0.3 is 0 Å². The molecule has 48 valence electrons. The summed E-state index contributed by atoms with van der Waals surface area (Å²) in [5, 5.41) is 0.815. The smallest absolute Gasteiger partial charge is 0.145 e. The molecule has 0 saturated carbocycles. The minimum absolute atomic E-state index is 0.248. The van der Waals surface area contributed by atoms with E-state index in [1.54, 1.807) is 13.1 Å². The van der Waals surface area contributed by atoms with Crippen LogP contribution in [-0.4, -0.2) is 4.98 Å². The number of nitrogens with zero attached hydrogens (tertiary/aromatic N) is 1. The molecule has 0 aliphatic heterocycles. The SMILES string of the molecule is Cc1c(F)cncc1P. The zero-order valence-electron chi connectivity index (χ0n) is 5.06. The first-order valence-corrected chi connectivity index (χ1v) is 3.15. The van der Waals surface area contributed by atoms with Crippen molar-refractivity contribution in [3.63, 3.8) is 0 Å². The molecule has 1 atom stereocenters. The predicted molar refractivity (Wildman–Crippen MR) is 38.3 cm³/mol. The Morgan fingerprint density at radius 1 is 1.56 bits per heavy atom. The molecule has 0 fully saturated rings. The van der Waals surface area contributed by atoms with Crippen LogP contribution in [0, 0.1) is 12.7 Å². The monoisotopic (exact) mass is 143 g/mol. The fourth-order valence-corrected chi connectivity index (χ4v) is 0.738. The number of aromatic nitrogens is 1. The van der Waals surface area contributed by atoms with Gasteiger partial charge in [0.25, 0.3) is 0 Å². The van der Waals surface area contributed by atoms with Gasteiger partial charge in [0.2, 0.25) is 0 Å². The van der Waals surface area contributed by atoms with Gasteiger partial charge in [-0.1, -0.05) is 0 Å². The van der Waals surface area contributed by atoms with Crippen LogP contribution in [0.5, 0.6) is 0 Å². The van der Waals surface area contributed by atoms with Crippen LogP contribution in [0.1, 0.15) is 5.56 Å². The zero-order valence-corrected chi connectivity index (χ0v) is 6.21. The van der Waals surface area contributed by atoms with Crippen LogP contribution in [0.4, 0.5) is 4.39 Å². The quantitative estimate of drug-likeness (QED) is 0.494. The normalized spacial score (nSPS) is 9.67. The standard InChI is InChI=1S/C6H7FNP/c1-4-5(7)2-8-3-6(4)9/h2-3H,9H2,1H3. The fourth-order valence-electron chi connectivity index (χ4n) is 0.515. The highest BCUT2D eigenvalue weighted by Crippen LogP contribution is 2.01. The van der Waals surface area contributed by atoms with Gasteiger partial charge in [-0.05, 0) is 17.8 Å². The van der Waals surface area contributed by atoms with Crippen molar-refractivity contribution in [2.24, 2.45) is 0 Å². The molecule has 0 saturated heterocycles. The van der Waals surface area contributed by atoms with Gasteiger partial charge in [-0.2, -0.15) is 0 Å². The molecule has 1 aromatic rings. The predicted octanol–water partition coefficient (Wildman–Crippen LogP) is 1.03. The molecule has 1 unspecified atom stereocenters. The first-order chi connectivity index (χ1) is 4.22. The highest BCUT2D eigenvalue weighted by atomic mass is 31.0. The summed E-state index contributed by atoms with van der Waals surface area (Å²) in [4.78, 5) is 3.65. The van der Waals surface area contributed by atoms with Crippen molar-refractivity contribution in [3.8, 4) is 0 Å². The van der Waals surface area contributed by atoms with E-state index in [0.717, 1.165) is 5.30 Å². The Morgan fingerprint density at radius 3 is 2.67 bits per heavy atom. The van der Waals surface area contributed by atoms with E-state index in [9.17, 15) is 4.39 Å². The molecule has 9 heavy (non-hydrogen) atoms. The van der Waals surface area contributed by atoms with Gasteiger partial charge in [0, 0.05) is 6.20 Å². The second-order valence-corrected chi connectivity index (χ2v) is 2.46. The lowest BCUT2D eigenvalue weighted by Gasteiger charge is -1.96. The van der Waals surface area contributed by atoms with E-state index < -0.39 is 0 Å².